The van der Waals surface area contributed by atoms with Crippen LogP contribution in [0.2, 0.25) is 0 Å². The van der Waals surface area contributed by atoms with Gasteiger partial charge in [-0.15, -0.1) is 0 Å². The third-order valence-corrected chi connectivity index (χ3v) is 3.10. The zero-order valence-corrected chi connectivity index (χ0v) is 11.3. The van der Waals surface area contributed by atoms with Gasteiger partial charge in [-0.3, -0.25) is 4.79 Å². The van der Waals surface area contributed by atoms with Gasteiger partial charge < -0.3 is 4.74 Å². The Labute approximate surface area is 114 Å². The molecule has 0 aliphatic rings. The zero-order valence-electron chi connectivity index (χ0n) is 11.3. The van der Waals surface area contributed by atoms with Crippen molar-refractivity contribution in [2.24, 2.45) is 0 Å². The Balaban J connectivity index is 2.10. The van der Waals surface area contributed by atoms with E-state index in [0.717, 1.165) is 22.4 Å². The predicted octanol–water partition coefficient (Wildman–Crippen LogP) is 3.82. The molecule has 2 nitrogen and oxygen atoms in total. The van der Waals surface area contributed by atoms with Gasteiger partial charge in [0.25, 0.3) is 0 Å². The quantitative estimate of drug-likeness (QED) is 0.758. The van der Waals surface area contributed by atoms with Crippen molar-refractivity contribution in [2.75, 3.05) is 6.61 Å². The van der Waals surface area contributed by atoms with Crippen LogP contribution in [0.25, 0.3) is 0 Å². The first-order chi connectivity index (χ1) is 9.20. The van der Waals surface area contributed by atoms with E-state index in [1.807, 2.05) is 62.4 Å². The second-order valence-electron chi connectivity index (χ2n) is 4.48. The number of hydrogen-bond donors (Lipinski definition) is 0. The molecule has 2 heteroatoms. The Morgan fingerprint density at radius 2 is 1.74 bits per heavy atom. The van der Waals surface area contributed by atoms with Crippen molar-refractivity contribution in [1.82, 2.24) is 0 Å². The van der Waals surface area contributed by atoms with Gasteiger partial charge in [0.05, 0.1) is 6.61 Å². The van der Waals surface area contributed by atoms with Gasteiger partial charge in [0.1, 0.15) is 5.75 Å². The largest absolute Gasteiger partial charge is 0.494 e. The molecule has 0 aliphatic heterocycles. The molecule has 0 spiro atoms. The Kier molecular flexibility index (Phi) is 4.35. The SMILES string of the molecule is CCOc1ccc(C(=O)Cc2ccccc2C)cc1. The van der Waals surface area contributed by atoms with Crippen molar-refractivity contribution in [3.8, 4) is 5.75 Å². The monoisotopic (exact) mass is 254 g/mol. The van der Waals surface area contributed by atoms with Gasteiger partial charge >= 0.3 is 0 Å². The lowest BCUT2D eigenvalue weighted by atomic mass is 9.99. The molecule has 0 unspecified atom stereocenters. The molecule has 2 aromatic carbocycles. The van der Waals surface area contributed by atoms with Gasteiger partial charge in [0, 0.05) is 12.0 Å². The summed E-state index contributed by atoms with van der Waals surface area (Å²) in [6, 6.07) is 15.3. The van der Waals surface area contributed by atoms with Crippen molar-refractivity contribution in [1.29, 1.82) is 0 Å². The fourth-order valence-corrected chi connectivity index (χ4v) is 1.99. The van der Waals surface area contributed by atoms with Crippen LogP contribution < -0.4 is 4.74 Å². The van der Waals surface area contributed by atoms with Crippen LogP contribution in [0.1, 0.15) is 28.4 Å². The van der Waals surface area contributed by atoms with Crippen molar-refractivity contribution in [3.63, 3.8) is 0 Å². The first-order valence-electron chi connectivity index (χ1n) is 6.51. The normalized spacial score (nSPS) is 10.2. The second kappa shape index (κ2) is 6.19. The van der Waals surface area contributed by atoms with E-state index in [-0.39, 0.29) is 5.78 Å². The van der Waals surface area contributed by atoms with Crippen LogP contribution in [0, 0.1) is 6.92 Å². The summed E-state index contributed by atoms with van der Waals surface area (Å²) in [5.74, 6) is 0.937. The molecule has 0 aliphatic carbocycles. The summed E-state index contributed by atoms with van der Waals surface area (Å²) >= 11 is 0. The highest BCUT2D eigenvalue weighted by atomic mass is 16.5. The van der Waals surface area contributed by atoms with Crippen molar-refractivity contribution < 1.29 is 9.53 Å². The predicted molar refractivity (Wildman–Crippen MR) is 76.8 cm³/mol. The summed E-state index contributed by atoms with van der Waals surface area (Å²) in [7, 11) is 0. The standard InChI is InChI=1S/C17H18O2/c1-3-19-16-10-8-14(9-11-16)17(18)12-15-7-5-4-6-13(15)2/h4-11H,3,12H2,1-2H3. The van der Waals surface area contributed by atoms with Crippen molar-refractivity contribution in [3.05, 3.63) is 65.2 Å². The van der Waals surface area contributed by atoms with Gasteiger partial charge in [-0.1, -0.05) is 24.3 Å². The number of hydrogen-bond acceptors (Lipinski definition) is 2. The summed E-state index contributed by atoms with van der Waals surface area (Å²) in [4.78, 5) is 12.2. The molecule has 0 amide bonds. The van der Waals surface area contributed by atoms with Crippen LogP contribution in [0.5, 0.6) is 5.75 Å². The molecular formula is C17H18O2. The average Bonchev–Trinajstić information content (AvgIpc) is 2.42. The smallest absolute Gasteiger partial charge is 0.167 e. The topological polar surface area (TPSA) is 26.3 Å². The molecule has 0 heterocycles. The lowest BCUT2D eigenvalue weighted by Crippen LogP contribution is -2.04. The molecule has 0 fully saturated rings. The third kappa shape index (κ3) is 3.44. The second-order valence-corrected chi connectivity index (χ2v) is 4.48. The summed E-state index contributed by atoms with van der Waals surface area (Å²) < 4.78 is 5.37. The minimum Gasteiger partial charge on any atom is -0.494 e. The highest BCUT2D eigenvalue weighted by Crippen LogP contribution is 2.15. The molecule has 0 radical (unpaired) electrons. The maximum Gasteiger partial charge on any atom is 0.167 e. The van der Waals surface area contributed by atoms with E-state index in [0.29, 0.717) is 13.0 Å². The maximum atomic E-state index is 12.2. The molecule has 19 heavy (non-hydrogen) atoms. The number of ketones is 1. The number of Topliss-reactive ketones (excluding diaryl/α,β-unsaturated/α-hetero) is 1. The van der Waals surface area contributed by atoms with Crippen LogP contribution in [-0.4, -0.2) is 12.4 Å². The van der Waals surface area contributed by atoms with Crippen LogP contribution in [0.15, 0.2) is 48.5 Å². The zero-order chi connectivity index (χ0) is 13.7. The van der Waals surface area contributed by atoms with Crippen LogP contribution in [-0.2, 0) is 6.42 Å². The van der Waals surface area contributed by atoms with Gasteiger partial charge in [-0.05, 0) is 49.2 Å². The van der Waals surface area contributed by atoms with Gasteiger partial charge in [-0.25, -0.2) is 0 Å². The lowest BCUT2D eigenvalue weighted by molar-refractivity contribution is 0.0992. The molecule has 0 N–H and O–H groups in total. The van der Waals surface area contributed by atoms with E-state index >= 15 is 0 Å². The van der Waals surface area contributed by atoms with Crippen molar-refractivity contribution >= 4 is 5.78 Å². The first-order valence-corrected chi connectivity index (χ1v) is 6.51. The number of carbonyl (C=O) groups excluding carboxylic acids is 1. The van der Waals surface area contributed by atoms with Gasteiger partial charge in [0.2, 0.25) is 0 Å². The Hall–Kier alpha value is -2.09. The maximum absolute atomic E-state index is 12.2. The van der Waals surface area contributed by atoms with E-state index < -0.39 is 0 Å². The van der Waals surface area contributed by atoms with E-state index in [9.17, 15) is 4.79 Å². The number of benzene rings is 2. The van der Waals surface area contributed by atoms with E-state index in [2.05, 4.69) is 0 Å². The molecule has 2 rings (SSSR count). The van der Waals surface area contributed by atoms with Crippen LogP contribution >= 0.6 is 0 Å². The first kappa shape index (κ1) is 13.3. The van der Waals surface area contributed by atoms with Gasteiger partial charge in [-0.2, -0.15) is 0 Å². The highest BCUT2D eigenvalue weighted by molar-refractivity contribution is 5.97. The molecular weight excluding hydrogens is 236 g/mol. The molecule has 0 bridgehead atoms. The Morgan fingerprint density at radius 3 is 2.37 bits per heavy atom. The molecule has 0 aromatic heterocycles. The summed E-state index contributed by atoms with van der Waals surface area (Å²) in [5.41, 5.74) is 2.97. The van der Waals surface area contributed by atoms with E-state index in [1.165, 1.54) is 0 Å². The molecule has 98 valence electrons. The third-order valence-electron chi connectivity index (χ3n) is 3.10. The minimum absolute atomic E-state index is 0.136. The molecule has 0 saturated heterocycles. The molecule has 2 aromatic rings. The molecule has 0 saturated carbocycles. The number of carbonyl (C=O) groups is 1. The number of ether oxygens (including phenoxy) is 1. The van der Waals surface area contributed by atoms with Crippen LogP contribution in [0.4, 0.5) is 0 Å². The number of aryl methyl sites for hydroxylation is 1. The van der Waals surface area contributed by atoms with E-state index in [1.54, 1.807) is 0 Å². The summed E-state index contributed by atoms with van der Waals surface area (Å²) in [5, 5.41) is 0. The summed E-state index contributed by atoms with van der Waals surface area (Å²) in [6.07, 6.45) is 0.445. The number of rotatable bonds is 5. The average molecular weight is 254 g/mol. The van der Waals surface area contributed by atoms with Gasteiger partial charge in [0.15, 0.2) is 5.78 Å². The molecule has 0 atom stereocenters. The Bertz CT molecular complexity index is 556. The minimum atomic E-state index is 0.136. The van der Waals surface area contributed by atoms with Crippen molar-refractivity contribution in [2.45, 2.75) is 20.3 Å². The Morgan fingerprint density at radius 1 is 1.05 bits per heavy atom. The fraction of sp³-hybridized carbons (Fsp3) is 0.235. The summed E-state index contributed by atoms with van der Waals surface area (Å²) in [6.45, 7) is 4.61. The van der Waals surface area contributed by atoms with E-state index in [4.69, 9.17) is 4.74 Å². The fourth-order valence-electron chi connectivity index (χ4n) is 1.99. The lowest BCUT2D eigenvalue weighted by Gasteiger charge is -2.06. The highest BCUT2D eigenvalue weighted by Gasteiger charge is 2.08. The van der Waals surface area contributed by atoms with Crippen LogP contribution in [0.3, 0.4) is 0 Å².